The van der Waals surface area contributed by atoms with Crippen molar-refractivity contribution < 1.29 is 23.9 Å². The predicted molar refractivity (Wildman–Crippen MR) is 96.0 cm³/mol. The Hall–Kier alpha value is -2.31. The van der Waals surface area contributed by atoms with Crippen molar-refractivity contribution in [3.63, 3.8) is 0 Å². The van der Waals surface area contributed by atoms with Crippen LogP contribution in [0, 0.1) is 19.8 Å². The lowest BCUT2D eigenvalue weighted by Crippen LogP contribution is -2.46. The molecule has 2 rings (SSSR count). The molecule has 0 radical (unpaired) electrons. The number of carbonyl (C=O) groups is 3. The van der Waals surface area contributed by atoms with Crippen molar-refractivity contribution in [2.45, 2.75) is 65.5 Å². The minimum atomic E-state index is -0.916. The number of esters is 2. The van der Waals surface area contributed by atoms with Crippen LogP contribution in [0.2, 0.25) is 0 Å². The van der Waals surface area contributed by atoms with Gasteiger partial charge in [-0.05, 0) is 45.1 Å². The van der Waals surface area contributed by atoms with E-state index in [2.05, 4.69) is 17.2 Å². The summed E-state index contributed by atoms with van der Waals surface area (Å²) in [5.74, 6) is -1.06. The number of rotatable bonds is 5. The highest BCUT2D eigenvalue weighted by Gasteiger charge is 2.28. The lowest BCUT2D eigenvalue weighted by molar-refractivity contribution is -0.130. The molecule has 1 saturated carbocycles. The van der Waals surface area contributed by atoms with Crippen molar-refractivity contribution in [2.75, 3.05) is 7.11 Å². The molecular weight excluding hydrogens is 336 g/mol. The Labute approximate surface area is 153 Å². The normalized spacial score (nSPS) is 21.0. The van der Waals surface area contributed by atoms with Gasteiger partial charge < -0.3 is 19.8 Å². The first kappa shape index (κ1) is 20.0. The predicted octanol–water partition coefficient (Wildman–Crippen LogP) is 2.66. The number of amides is 1. The maximum atomic E-state index is 12.4. The summed E-state index contributed by atoms with van der Waals surface area (Å²) in [6.07, 6.45) is 3.41. The second-order valence-corrected chi connectivity index (χ2v) is 7.04. The van der Waals surface area contributed by atoms with E-state index < -0.39 is 18.0 Å². The van der Waals surface area contributed by atoms with Crippen molar-refractivity contribution in [2.24, 2.45) is 5.92 Å². The average molecular weight is 364 g/mol. The van der Waals surface area contributed by atoms with E-state index >= 15 is 0 Å². The highest BCUT2D eigenvalue weighted by molar-refractivity contribution is 5.99. The largest absolute Gasteiger partial charge is 0.465 e. The van der Waals surface area contributed by atoms with Gasteiger partial charge in [0.05, 0.1) is 12.7 Å². The smallest absolute Gasteiger partial charge is 0.355 e. The Balaban J connectivity index is 2.02. The maximum absolute atomic E-state index is 12.4. The fraction of sp³-hybridized carbons (Fsp3) is 0.632. The number of aromatic amines is 1. The van der Waals surface area contributed by atoms with Crippen molar-refractivity contribution >= 4 is 17.8 Å². The van der Waals surface area contributed by atoms with Crippen molar-refractivity contribution in [3.8, 4) is 0 Å². The van der Waals surface area contributed by atoms with Crippen LogP contribution in [-0.2, 0) is 14.3 Å². The summed E-state index contributed by atoms with van der Waals surface area (Å²) in [7, 11) is 1.28. The van der Waals surface area contributed by atoms with Gasteiger partial charge in [0.25, 0.3) is 5.91 Å². The molecule has 1 fully saturated rings. The first-order valence-corrected chi connectivity index (χ1v) is 9.05. The van der Waals surface area contributed by atoms with Gasteiger partial charge in [-0.2, -0.15) is 0 Å². The number of hydrogen-bond donors (Lipinski definition) is 2. The number of methoxy groups -OCH3 is 1. The summed E-state index contributed by atoms with van der Waals surface area (Å²) in [6.45, 7) is 6.99. The van der Waals surface area contributed by atoms with Crippen molar-refractivity contribution in [3.05, 3.63) is 22.5 Å². The molecule has 1 aliphatic rings. The van der Waals surface area contributed by atoms with Gasteiger partial charge in [-0.15, -0.1) is 0 Å². The minimum Gasteiger partial charge on any atom is -0.465 e. The van der Waals surface area contributed by atoms with E-state index in [0.29, 0.717) is 22.7 Å². The second kappa shape index (κ2) is 8.38. The van der Waals surface area contributed by atoms with Gasteiger partial charge in [-0.1, -0.05) is 19.8 Å². The van der Waals surface area contributed by atoms with Crippen molar-refractivity contribution in [1.29, 1.82) is 0 Å². The Kier molecular flexibility index (Phi) is 6.45. The van der Waals surface area contributed by atoms with Crippen LogP contribution >= 0.6 is 0 Å². The van der Waals surface area contributed by atoms with E-state index in [4.69, 9.17) is 9.47 Å². The van der Waals surface area contributed by atoms with Gasteiger partial charge in [0, 0.05) is 11.7 Å². The van der Waals surface area contributed by atoms with E-state index in [1.165, 1.54) is 13.5 Å². The number of aryl methyl sites for hydroxylation is 1. The van der Waals surface area contributed by atoms with Crippen LogP contribution in [0.15, 0.2) is 0 Å². The maximum Gasteiger partial charge on any atom is 0.355 e. The molecule has 7 heteroatoms. The van der Waals surface area contributed by atoms with Gasteiger partial charge in [0.1, 0.15) is 5.69 Å². The number of carbonyl (C=O) groups excluding carboxylic acids is 3. The fourth-order valence-corrected chi connectivity index (χ4v) is 3.47. The van der Waals surface area contributed by atoms with E-state index in [1.54, 1.807) is 20.8 Å². The van der Waals surface area contributed by atoms with Crippen molar-refractivity contribution in [1.82, 2.24) is 10.3 Å². The van der Waals surface area contributed by atoms with Gasteiger partial charge in [-0.25, -0.2) is 9.59 Å². The Bertz CT molecular complexity index is 694. The molecule has 1 heterocycles. The zero-order valence-corrected chi connectivity index (χ0v) is 16.1. The second-order valence-electron chi connectivity index (χ2n) is 7.04. The summed E-state index contributed by atoms with van der Waals surface area (Å²) in [6, 6.07) is 0.123. The van der Waals surface area contributed by atoms with Crippen LogP contribution in [-0.4, -0.2) is 42.1 Å². The minimum absolute atomic E-state index is 0.123. The van der Waals surface area contributed by atoms with Gasteiger partial charge in [0.2, 0.25) is 0 Å². The van der Waals surface area contributed by atoms with E-state index in [-0.39, 0.29) is 17.6 Å². The van der Waals surface area contributed by atoms with Crippen LogP contribution in [0.5, 0.6) is 0 Å². The molecule has 1 aromatic rings. The molecule has 7 nitrogen and oxygen atoms in total. The van der Waals surface area contributed by atoms with Gasteiger partial charge in [-0.3, -0.25) is 4.79 Å². The molecule has 144 valence electrons. The first-order valence-electron chi connectivity index (χ1n) is 9.05. The molecule has 3 atom stereocenters. The number of hydrogen-bond acceptors (Lipinski definition) is 5. The third kappa shape index (κ3) is 4.26. The molecule has 2 N–H and O–H groups in total. The number of aromatic nitrogens is 1. The Morgan fingerprint density at radius 1 is 1.15 bits per heavy atom. The monoisotopic (exact) mass is 364 g/mol. The summed E-state index contributed by atoms with van der Waals surface area (Å²) >= 11 is 0. The SMILES string of the molecule is COC(=O)c1c(C)[nH]c(C(=O)O[C@H](C)C(=O)N[C@H]2CCCC[C@H]2C)c1C. The molecule has 1 aliphatic carbocycles. The van der Waals surface area contributed by atoms with E-state index in [0.717, 1.165) is 19.3 Å². The topological polar surface area (TPSA) is 97.5 Å². The number of H-pyrrole nitrogens is 1. The molecule has 0 saturated heterocycles. The molecule has 1 aromatic heterocycles. The van der Waals surface area contributed by atoms with Crippen LogP contribution in [0.25, 0.3) is 0 Å². The Morgan fingerprint density at radius 3 is 2.42 bits per heavy atom. The van der Waals surface area contributed by atoms with Crippen LogP contribution in [0.4, 0.5) is 0 Å². The van der Waals surface area contributed by atoms with Crippen LogP contribution in [0.3, 0.4) is 0 Å². The molecule has 0 unspecified atom stereocenters. The quantitative estimate of drug-likeness (QED) is 0.783. The zero-order chi connectivity index (χ0) is 19.4. The highest BCUT2D eigenvalue weighted by Crippen LogP contribution is 2.24. The molecule has 0 bridgehead atoms. The number of ether oxygens (including phenoxy) is 2. The molecule has 26 heavy (non-hydrogen) atoms. The molecular formula is C19H28N2O5. The first-order chi connectivity index (χ1) is 12.3. The number of nitrogens with one attached hydrogen (secondary N) is 2. The lowest BCUT2D eigenvalue weighted by Gasteiger charge is -2.30. The van der Waals surface area contributed by atoms with E-state index in [1.807, 2.05) is 0 Å². The summed E-state index contributed by atoms with van der Waals surface area (Å²) in [5.41, 5.74) is 1.45. The standard InChI is InChI=1S/C19H28N2O5/c1-10-8-6-7-9-14(10)21-17(22)13(4)26-19(24)16-11(2)15(12(3)20-16)18(23)25-5/h10,13-14,20H,6-9H2,1-5H3,(H,21,22)/t10-,13-,14+/m1/s1. The van der Waals surface area contributed by atoms with E-state index in [9.17, 15) is 14.4 Å². The van der Waals surface area contributed by atoms with Crippen LogP contribution < -0.4 is 5.32 Å². The summed E-state index contributed by atoms with van der Waals surface area (Å²) in [5, 5.41) is 2.98. The van der Waals surface area contributed by atoms with Gasteiger partial charge >= 0.3 is 11.9 Å². The summed E-state index contributed by atoms with van der Waals surface area (Å²) < 4.78 is 10.0. The lowest BCUT2D eigenvalue weighted by atomic mass is 9.86. The summed E-state index contributed by atoms with van der Waals surface area (Å²) in [4.78, 5) is 39.5. The molecule has 0 spiro atoms. The highest BCUT2D eigenvalue weighted by atomic mass is 16.5. The molecule has 0 aromatic carbocycles. The average Bonchev–Trinajstić information content (AvgIpc) is 2.90. The van der Waals surface area contributed by atoms with Gasteiger partial charge in [0.15, 0.2) is 6.10 Å². The fourth-order valence-electron chi connectivity index (χ4n) is 3.47. The molecule has 1 amide bonds. The van der Waals surface area contributed by atoms with Crippen LogP contribution in [0.1, 0.15) is 71.6 Å². The third-order valence-corrected chi connectivity index (χ3v) is 5.12. The third-order valence-electron chi connectivity index (χ3n) is 5.12. The Morgan fingerprint density at radius 2 is 1.81 bits per heavy atom. The molecule has 0 aliphatic heterocycles. The zero-order valence-electron chi connectivity index (χ0n) is 16.1.